The van der Waals surface area contributed by atoms with E-state index >= 15 is 0 Å². The quantitative estimate of drug-likeness (QED) is 0.871. The summed E-state index contributed by atoms with van der Waals surface area (Å²) in [6.45, 7) is 0. The van der Waals surface area contributed by atoms with Crippen LogP contribution in [0.4, 0.5) is 0 Å². The van der Waals surface area contributed by atoms with Gasteiger partial charge in [0, 0.05) is 11.6 Å². The molecule has 0 radical (unpaired) electrons. The first kappa shape index (κ1) is 15.6. The Bertz CT molecular complexity index is 870. The van der Waals surface area contributed by atoms with Crippen LogP contribution in [0.15, 0.2) is 44.9 Å². The molecule has 0 saturated carbocycles. The third-order valence-electron chi connectivity index (χ3n) is 2.44. The van der Waals surface area contributed by atoms with E-state index in [4.69, 9.17) is 0 Å². The molecule has 0 aliphatic heterocycles. The molecule has 1 N–H and O–H groups in total. The summed E-state index contributed by atoms with van der Waals surface area (Å²) in [6, 6.07) is 4.76. The van der Waals surface area contributed by atoms with Gasteiger partial charge >= 0.3 is 0 Å². The summed E-state index contributed by atoms with van der Waals surface area (Å²) in [5.41, 5.74) is 1.37. The van der Waals surface area contributed by atoms with Crippen molar-refractivity contribution in [1.82, 2.24) is 9.71 Å². The first-order valence-electron chi connectivity index (χ1n) is 5.45. The summed E-state index contributed by atoms with van der Waals surface area (Å²) in [5, 5.41) is 1.40. The lowest BCUT2D eigenvalue weighted by Crippen LogP contribution is -2.30. The van der Waals surface area contributed by atoms with Gasteiger partial charge in [-0.05, 0) is 18.2 Å². The molecule has 1 aromatic heterocycles. The fraction of sp³-hybridized carbons (Fsp3) is 0.0909. The molecule has 2 aromatic rings. The van der Waals surface area contributed by atoms with Gasteiger partial charge in [-0.2, -0.15) is 0 Å². The number of amides is 1. The van der Waals surface area contributed by atoms with Crippen molar-refractivity contribution >= 4 is 37.1 Å². The Balaban J connectivity index is 2.34. The molecule has 7 nitrogen and oxygen atoms in total. The highest BCUT2D eigenvalue weighted by atomic mass is 32.2. The molecule has 0 aliphatic rings. The van der Waals surface area contributed by atoms with Gasteiger partial charge in [-0.25, -0.2) is 26.5 Å². The summed E-state index contributed by atoms with van der Waals surface area (Å²) in [4.78, 5) is 15.0. The minimum atomic E-state index is -4.17. The summed E-state index contributed by atoms with van der Waals surface area (Å²) in [5.74, 6) is -0.874. The Hall–Kier alpha value is -1.78. The van der Waals surface area contributed by atoms with Crippen molar-refractivity contribution < 1.29 is 21.6 Å². The van der Waals surface area contributed by atoms with E-state index in [0.717, 1.165) is 23.7 Å². The molecule has 1 aromatic carbocycles. The molecule has 0 saturated heterocycles. The van der Waals surface area contributed by atoms with Gasteiger partial charge in [0.2, 0.25) is 0 Å². The highest BCUT2D eigenvalue weighted by Gasteiger charge is 2.21. The third kappa shape index (κ3) is 3.65. The Labute approximate surface area is 125 Å². The fourth-order valence-corrected chi connectivity index (χ4v) is 3.71. The standard InChI is InChI=1S/C11H10N2O5S3/c1-20(15,16)8-3-2-4-9(5-8)21(17,18)13-11(14)10-6-19-7-12-10/h2-7H,1H3,(H,13,14). The van der Waals surface area contributed by atoms with Crippen molar-refractivity contribution in [3.63, 3.8) is 0 Å². The Kier molecular flexibility index (Phi) is 4.12. The number of carbonyl (C=O) groups excluding carboxylic acids is 1. The Morgan fingerprint density at radius 3 is 2.43 bits per heavy atom. The number of rotatable bonds is 4. The zero-order valence-corrected chi connectivity index (χ0v) is 13.1. The van der Waals surface area contributed by atoms with Crippen LogP contribution in [0.25, 0.3) is 0 Å². The summed E-state index contributed by atoms with van der Waals surface area (Å²) < 4.78 is 48.8. The smallest absolute Gasteiger partial charge is 0.266 e. The zero-order valence-electron chi connectivity index (χ0n) is 10.7. The maximum absolute atomic E-state index is 12.1. The lowest BCUT2D eigenvalue weighted by atomic mass is 10.4. The zero-order chi connectivity index (χ0) is 15.7. The van der Waals surface area contributed by atoms with Gasteiger partial charge in [-0.1, -0.05) is 6.07 Å². The van der Waals surface area contributed by atoms with Gasteiger partial charge in [0.15, 0.2) is 9.84 Å². The normalized spacial score (nSPS) is 12.0. The van der Waals surface area contributed by atoms with Crippen molar-refractivity contribution in [2.24, 2.45) is 0 Å². The number of hydrogen-bond acceptors (Lipinski definition) is 7. The van der Waals surface area contributed by atoms with E-state index < -0.39 is 25.8 Å². The molecule has 2 rings (SSSR count). The van der Waals surface area contributed by atoms with Gasteiger partial charge in [-0.15, -0.1) is 11.3 Å². The molecule has 0 fully saturated rings. The molecule has 0 bridgehead atoms. The van der Waals surface area contributed by atoms with Gasteiger partial charge < -0.3 is 0 Å². The number of thiazole rings is 1. The second-order valence-corrected chi connectivity index (χ2v) is 8.47. The number of benzene rings is 1. The molecule has 0 spiro atoms. The van der Waals surface area contributed by atoms with E-state index in [0.29, 0.717) is 0 Å². The monoisotopic (exact) mass is 346 g/mol. The van der Waals surface area contributed by atoms with Crippen LogP contribution >= 0.6 is 11.3 Å². The largest absolute Gasteiger partial charge is 0.284 e. The summed E-state index contributed by atoms with van der Waals surface area (Å²) in [6.07, 6.45) is 0.965. The van der Waals surface area contributed by atoms with Gasteiger partial charge in [0.25, 0.3) is 15.9 Å². The lowest BCUT2D eigenvalue weighted by Gasteiger charge is -2.07. The van der Waals surface area contributed by atoms with Gasteiger partial charge in [0.05, 0.1) is 15.3 Å². The second-order valence-electron chi connectivity index (χ2n) is 4.06. The molecule has 1 amide bonds. The van der Waals surface area contributed by atoms with Crippen LogP contribution in [0.2, 0.25) is 0 Å². The number of hydrogen-bond donors (Lipinski definition) is 1. The highest BCUT2D eigenvalue weighted by Crippen LogP contribution is 2.16. The molecule has 0 aliphatic carbocycles. The van der Waals surface area contributed by atoms with E-state index in [1.165, 1.54) is 29.1 Å². The van der Waals surface area contributed by atoms with E-state index in [1.54, 1.807) is 0 Å². The van der Waals surface area contributed by atoms with Crippen molar-refractivity contribution in [3.05, 3.63) is 40.8 Å². The van der Waals surface area contributed by atoms with Crippen molar-refractivity contribution in [1.29, 1.82) is 0 Å². The van der Waals surface area contributed by atoms with Crippen LogP contribution in [0.5, 0.6) is 0 Å². The Morgan fingerprint density at radius 2 is 1.86 bits per heavy atom. The molecule has 21 heavy (non-hydrogen) atoms. The van der Waals surface area contributed by atoms with Crippen LogP contribution < -0.4 is 4.72 Å². The van der Waals surface area contributed by atoms with Crippen LogP contribution in [0, 0.1) is 0 Å². The van der Waals surface area contributed by atoms with Gasteiger partial charge in [0.1, 0.15) is 5.69 Å². The maximum atomic E-state index is 12.1. The lowest BCUT2D eigenvalue weighted by molar-refractivity contribution is 0.0977. The molecule has 0 unspecified atom stereocenters. The third-order valence-corrected chi connectivity index (χ3v) is 5.46. The molecular formula is C11H10N2O5S3. The second kappa shape index (κ2) is 5.54. The number of nitrogens with zero attached hydrogens (tertiary/aromatic N) is 1. The number of sulfonamides is 1. The predicted octanol–water partition coefficient (Wildman–Crippen LogP) is 0.665. The first-order valence-corrected chi connectivity index (χ1v) is 9.77. The molecule has 1 heterocycles. The van der Waals surface area contributed by atoms with Crippen LogP contribution in [0.1, 0.15) is 10.5 Å². The van der Waals surface area contributed by atoms with Crippen molar-refractivity contribution in [3.8, 4) is 0 Å². The van der Waals surface area contributed by atoms with Crippen molar-refractivity contribution in [2.45, 2.75) is 9.79 Å². The molecular weight excluding hydrogens is 336 g/mol. The van der Waals surface area contributed by atoms with E-state index in [-0.39, 0.29) is 15.5 Å². The predicted molar refractivity (Wildman–Crippen MR) is 76.3 cm³/mol. The molecule has 112 valence electrons. The van der Waals surface area contributed by atoms with Gasteiger partial charge in [-0.3, -0.25) is 4.79 Å². The maximum Gasteiger partial charge on any atom is 0.284 e. The van der Waals surface area contributed by atoms with E-state index in [2.05, 4.69) is 4.98 Å². The average Bonchev–Trinajstić information content (AvgIpc) is 2.91. The van der Waals surface area contributed by atoms with E-state index in [1.807, 2.05) is 4.72 Å². The van der Waals surface area contributed by atoms with Crippen molar-refractivity contribution in [2.75, 3.05) is 6.26 Å². The highest BCUT2D eigenvalue weighted by molar-refractivity contribution is 7.91. The number of carbonyl (C=O) groups is 1. The van der Waals surface area contributed by atoms with Crippen LogP contribution in [-0.4, -0.2) is 34.0 Å². The first-order chi connectivity index (χ1) is 9.70. The summed E-state index contributed by atoms with van der Waals surface area (Å²) >= 11 is 1.15. The number of nitrogens with one attached hydrogen (secondary N) is 1. The topological polar surface area (TPSA) is 110 Å². The average molecular weight is 346 g/mol. The number of sulfone groups is 1. The number of aromatic nitrogens is 1. The van der Waals surface area contributed by atoms with Crippen LogP contribution in [0.3, 0.4) is 0 Å². The fourth-order valence-electron chi connectivity index (χ4n) is 1.43. The Morgan fingerprint density at radius 1 is 1.19 bits per heavy atom. The van der Waals surface area contributed by atoms with Crippen LogP contribution in [-0.2, 0) is 19.9 Å². The minimum Gasteiger partial charge on any atom is -0.266 e. The van der Waals surface area contributed by atoms with E-state index in [9.17, 15) is 21.6 Å². The minimum absolute atomic E-state index is 0.0251. The SMILES string of the molecule is CS(=O)(=O)c1cccc(S(=O)(=O)NC(=O)c2cscn2)c1. The summed E-state index contributed by atoms with van der Waals surface area (Å²) in [7, 11) is -7.71. The molecule has 10 heteroatoms. The molecule has 0 atom stereocenters.